The molecule has 0 saturated carbocycles. The topological polar surface area (TPSA) is 34.1 Å². The summed E-state index contributed by atoms with van der Waals surface area (Å²) in [5.41, 5.74) is 2.21. The van der Waals surface area contributed by atoms with Gasteiger partial charge < -0.3 is 10.1 Å². The van der Waals surface area contributed by atoms with Crippen molar-refractivity contribution in [2.24, 2.45) is 0 Å². The summed E-state index contributed by atoms with van der Waals surface area (Å²) in [5, 5.41) is 6.77. The van der Waals surface area contributed by atoms with Crippen LogP contribution in [-0.4, -0.2) is 17.6 Å². The van der Waals surface area contributed by atoms with E-state index in [1.807, 2.05) is 32.0 Å². The Hall–Kier alpha value is -1.39. The highest BCUT2D eigenvalue weighted by Gasteiger charge is 2.21. The van der Waals surface area contributed by atoms with Gasteiger partial charge in [0.25, 0.3) is 0 Å². The van der Waals surface area contributed by atoms with Crippen LogP contribution >= 0.6 is 11.3 Å². The quantitative estimate of drug-likeness (QED) is 0.875. The Morgan fingerprint density at radius 2 is 2.05 bits per heavy atom. The van der Waals surface area contributed by atoms with Crippen LogP contribution in [0, 0.1) is 6.92 Å². The second-order valence-electron chi connectivity index (χ2n) is 5.05. The summed E-state index contributed by atoms with van der Waals surface area (Å²) in [6.07, 6.45) is 0. The highest BCUT2D eigenvalue weighted by molar-refractivity contribution is 7.09. The lowest BCUT2D eigenvalue weighted by Crippen LogP contribution is -2.29. The van der Waals surface area contributed by atoms with E-state index in [1.54, 1.807) is 11.3 Å². The minimum atomic E-state index is 0.0800. The highest BCUT2D eigenvalue weighted by atomic mass is 32.1. The third-order valence-electron chi connectivity index (χ3n) is 2.91. The molecule has 20 heavy (non-hydrogen) atoms. The average Bonchev–Trinajstić information content (AvgIpc) is 2.84. The standard InChI is InChI=1S/C16H22N2OS/c1-5-19-14-9-7-6-8-13(14)15(17-11(2)3)16-18-12(4)10-20-16/h6-11,15,17H,5H2,1-4H3. The van der Waals surface area contributed by atoms with Crippen LogP contribution in [0.4, 0.5) is 0 Å². The minimum Gasteiger partial charge on any atom is -0.494 e. The van der Waals surface area contributed by atoms with Crippen LogP contribution in [0.3, 0.4) is 0 Å². The molecule has 0 aliphatic carbocycles. The number of thiazole rings is 1. The van der Waals surface area contributed by atoms with Gasteiger partial charge in [-0.3, -0.25) is 0 Å². The maximum Gasteiger partial charge on any atom is 0.124 e. The lowest BCUT2D eigenvalue weighted by Gasteiger charge is -2.22. The molecule has 4 heteroatoms. The Bertz CT molecular complexity index is 551. The fourth-order valence-corrected chi connectivity index (χ4v) is 3.01. The van der Waals surface area contributed by atoms with Crippen molar-refractivity contribution in [1.29, 1.82) is 0 Å². The lowest BCUT2D eigenvalue weighted by molar-refractivity contribution is 0.332. The van der Waals surface area contributed by atoms with E-state index >= 15 is 0 Å². The van der Waals surface area contributed by atoms with E-state index in [1.165, 1.54) is 0 Å². The van der Waals surface area contributed by atoms with Gasteiger partial charge in [0, 0.05) is 22.7 Å². The molecule has 1 aromatic carbocycles. The van der Waals surface area contributed by atoms with Gasteiger partial charge in [-0.05, 0) is 33.8 Å². The SMILES string of the molecule is CCOc1ccccc1C(NC(C)C)c1nc(C)cs1. The van der Waals surface area contributed by atoms with Gasteiger partial charge in [0.2, 0.25) is 0 Å². The van der Waals surface area contributed by atoms with Crippen molar-refractivity contribution in [3.05, 3.63) is 45.9 Å². The van der Waals surface area contributed by atoms with Crippen molar-refractivity contribution < 1.29 is 4.74 Å². The summed E-state index contributed by atoms with van der Waals surface area (Å²) in [6.45, 7) is 9.01. The molecule has 0 saturated heterocycles. The van der Waals surface area contributed by atoms with Crippen molar-refractivity contribution in [3.63, 3.8) is 0 Å². The molecule has 1 atom stereocenters. The minimum absolute atomic E-state index is 0.0800. The normalized spacial score (nSPS) is 12.7. The maximum absolute atomic E-state index is 5.76. The highest BCUT2D eigenvalue weighted by Crippen LogP contribution is 2.32. The molecule has 0 aliphatic rings. The van der Waals surface area contributed by atoms with Crippen molar-refractivity contribution >= 4 is 11.3 Å². The Balaban J connectivity index is 2.40. The van der Waals surface area contributed by atoms with Crippen molar-refractivity contribution in [2.45, 2.75) is 39.8 Å². The van der Waals surface area contributed by atoms with Gasteiger partial charge in [0.05, 0.1) is 12.6 Å². The Morgan fingerprint density at radius 1 is 1.30 bits per heavy atom. The molecule has 108 valence electrons. The van der Waals surface area contributed by atoms with E-state index in [-0.39, 0.29) is 6.04 Å². The average molecular weight is 290 g/mol. The summed E-state index contributed by atoms with van der Waals surface area (Å²) in [5.74, 6) is 0.931. The molecule has 2 rings (SSSR count). The molecule has 1 unspecified atom stereocenters. The van der Waals surface area contributed by atoms with Crippen LogP contribution in [0.2, 0.25) is 0 Å². The fourth-order valence-electron chi connectivity index (χ4n) is 2.14. The summed E-state index contributed by atoms with van der Waals surface area (Å²) in [7, 11) is 0. The van der Waals surface area contributed by atoms with Crippen LogP contribution in [0.15, 0.2) is 29.6 Å². The predicted octanol–water partition coefficient (Wildman–Crippen LogP) is 3.94. The zero-order chi connectivity index (χ0) is 14.5. The monoisotopic (exact) mass is 290 g/mol. The predicted molar refractivity (Wildman–Crippen MR) is 84.6 cm³/mol. The van der Waals surface area contributed by atoms with Gasteiger partial charge >= 0.3 is 0 Å². The van der Waals surface area contributed by atoms with E-state index < -0.39 is 0 Å². The van der Waals surface area contributed by atoms with Crippen molar-refractivity contribution in [1.82, 2.24) is 10.3 Å². The smallest absolute Gasteiger partial charge is 0.124 e. The van der Waals surface area contributed by atoms with Gasteiger partial charge in [-0.25, -0.2) is 4.98 Å². The van der Waals surface area contributed by atoms with Gasteiger partial charge in [-0.1, -0.05) is 18.2 Å². The number of ether oxygens (including phenoxy) is 1. The lowest BCUT2D eigenvalue weighted by atomic mass is 10.1. The van der Waals surface area contributed by atoms with E-state index in [2.05, 4.69) is 35.6 Å². The van der Waals surface area contributed by atoms with E-state index in [0.717, 1.165) is 22.0 Å². The molecule has 0 bridgehead atoms. The molecule has 0 spiro atoms. The van der Waals surface area contributed by atoms with Crippen molar-refractivity contribution in [3.8, 4) is 5.75 Å². The first-order chi connectivity index (χ1) is 9.61. The molecule has 3 nitrogen and oxygen atoms in total. The molecule has 0 amide bonds. The number of hydrogen-bond acceptors (Lipinski definition) is 4. The zero-order valence-electron chi connectivity index (χ0n) is 12.5. The molecular formula is C16H22N2OS. The molecule has 0 radical (unpaired) electrons. The third kappa shape index (κ3) is 3.58. The van der Waals surface area contributed by atoms with Gasteiger partial charge in [0.1, 0.15) is 10.8 Å². The largest absolute Gasteiger partial charge is 0.494 e. The molecule has 1 heterocycles. The second-order valence-corrected chi connectivity index (χ2v) is 5.94. The molecule has 2 aromatic rings. The Morgan fingerprint density at radius 3 is 2.65 bits per heavy atom. The van der Waals surface area contributed by atoms with Crippen molar-refractivity contribution in [2.75, 3.05) is 6.61 Å². The zero-order valence-corrected chi connectivity index (χ0v) is 13.3. The number of aryl methyl sites for hydroxylation is 1. The molecule has 0 fully saturated rings. The maximum atomic E-state index is 5.76. The van der Waals surface area contributed by atoms with E-state index in [0.29, 0.717) is 12.6 Å². The summed E-state index contributed by atoms with van der Waals surface area (Å²) >= 11 is 1.69. The van der Waals surface area contributed by atoms with Gasteiger partial charge in [-0.2, -0.15) is 0 Å². The Labute approximate surface area is 125 Å². The number of nitrogens with zero attached hydrogens (tertiary/aromatic N) is 1. The number of para-hydroxylation sites is 1. The first kappa shape index (κ1) is 15.0. The molecule has 0 aliphatic heterocycles. The van der Waals surface area contributed by atoms with Crippen LogP contribution in [0.1, 0.15) is 43.1 Å². The van der Waals surface area contributed by atoms with Crippen LogP contribution < -0.4 is 10.1 Å². The number of rotatable bonds is 6. The number of aromatic nitrogens is 1. The first-order valence-corrected chi connectivity index (χ1v) is 7.89. The summed E-state index contributed by atoms with van der Waals surface area (Å²) in [4.78, 5) is 4.64. The molecule has 1 aromatic heterocycles. The number of hydrogen-bond donors (Lipinski definition) is 1. The number of benzene rings is 1. The van der Waals surface area contributed by atoms with Crippen LogP contribution in [0.25, 0.3) is 0 Å². The molecular weight excluding hydrogens is 268 g/mol. The van der Waals surface area contributed by atoms with Crippen LogP contribution in [-0.2, 0) is 0 Å². The Kier molecular flexibility index (Phi) is 5.15. The second kappa shape index (κ2) is 6.86. The molecule has 1 N–H and O–H groups in total. The third-order valence-corrected chi connectivity index (χ3v) is 3.94. The van der Waals surface area contributed by atoms with Gasteiger partial charge in [-0.15, -0.1) is 11.3 Å². The first-order valence-electron chi connectivity index (χ1n) is 7.01. The van der Waals surface area contributed by atoms with Gasteiger partial charge in [0.15, 0.2) is 0 Å². The van der Waals surface area contributed by atoms with E-state index in [4.69, 9.17) is 4.74 Å². The fraction of sp³-hybridized carbons (Fsp3) is 0.438. The van der Waals surface area contributed by atoms with E-state index in [9.17, 15) is 0 Å². The number of nitrogens with one attached hydrogen (secondary N) is 1. The van der Waals surface area contributed by atoms with Crippen LogP contribution in [0.5, 0.6) is 5.75 Å². The summed E-state index contributed by atoms with van der Waals surface area (Å²) in [6, 6.07) is 8.65. The summed E-state index contributed by atoms with van der Waals surface area (Å²) < 4.78 is 5.76.